The number of amides is 1. The molecule has 0 unspecified atom stereocenters. The molecule has 0 saturated carbocycles. The number of hydrogen-bond acceptors (Lipinski definition) is 4. The number of rotatable bonds is 5. The molecule has 0 N–H and O–H groups in total. The van der Waals surface area contributed by atoms with E-state index >= 15 is 0 Å². The van der Waals surface area contributed by atoms with Crippen molar-refractivity contribution in [2.24, 2.45) is 0 Å². The summed E-state index contributed by atoms with van der Waals surface area (Å²) in [5, 5.41) is 2.22. The van der Waals surface area contributed by atoms with Gasteiger partial charge in [0.05, 0.1) is 13.0 Å². The molecule has 0 spiro atoms. The van der Waals surface area contributed by atoms with E-state index in [2.05, 4.69) is 16.3 Å². The van der Waals surface area contributed by atoms with Gasteiger partial charge in [0, 0.05) is 37.1 Å². The van der Waals surface area contributed by atoms with Crippen LogP contribution in [-0.2, 0) is 24.2 Å². The van der Waals surface area contributed by atoms with Crippen LogP contribution in [-0.4, -0.2) is 48.0 Å². The molecular weight excluding hydrogens is 356 g/mol. The fourth-order valence-corrected chi connectivity index (χ4v) is 5.11. The number of fused-ring (bicyclic) bond motifs is 1. The summed E-state index contributed by atoms with van der Waals surface area (Å²) in [6.07, 6.45) is 3.85. The average molecular weight is 385 g/mol. The first-order chi connectivity index (χ1) is 13.2. The van der Waals surface area contributed by atoms with Gasteiger partial charge in [-0.1, -0.05) is 12.1 Å². The van der Waals surface area contributed by atoms with E-state index in [4.69, 9.17) is 4.74 Å². The van der Waals surface area contributed by atoms with Gasteiger partial charge in [-0.3, -0.25) is 9.69 Å². The molecule has 2 aliphatic rings. The smallest absolute Gasteiger partial charge is 0.226 e. The second-order valence-corrected chi connectivity index (χ2v) is 8.46. The Balaban J connectivity index is 1.27. The van der Waals surface area contributed by atoms with Crippen LogP contribution in [0, 0.1) is 0 Å². The lowest BCUT2D eigenvalue weighted by atomic mass is 9.99. The van der Waals surface area contributed by atoms with Crippen LogP contribution < -0.4 is 4.74 Å². The van der Waals surface area contributed by atoms with E-state index in [-0.39, 0.29) is 5.91 Å². The minimum absolute atomic E-state index is 0.247. The van der Waals surface area contributed by atoms with Crippen molar-refractivity contribution in [3.05, 3.63) is 51.7 Å². The highest BCUT2D eigenvalue weighted by Crippen LogP contribution is 2.28. The number of thiophene rings is 1. The van der Waals surface area contributed by atoms with Gasteiger partial charge in [0.15, 0.2) is 0 Å². The number of ether oxygens (including phenoxy) is 1. The van der Waals surface area contributed by atoms with Crippen LogP contribution in [0.1, 0.15) is 35.8 Å². The summed E-state index contributed by atoms with van der Waals surface area (Å²) in [5.74, 6) is 1.11. The number of hydrogen-bond donors (Lipinski definition) is 0. The number of piperidine rings is 1. The third-order valence-corrected chi connectivity index (χ3v) is 6.78. The van der Waals surface area contributed by atoms with Crippen molar-refractivity contribution in [3.63, 3.8) is 0 Å². The minimum atomic E-state index is 0.247. The lowest BCUT2D eigenvalue weighted by molar-refractivity contribution is -0.132. The standard InChI is InChI=1S/C22H28N2O2S/c1-2-26-20-5-3-17(4-6-20)15-22(25)23-11-7-19(8-12-23)24-13-9-21-18(16-24)10-14-27-21/h3-6,10,14,19H,2,7-9,11-13,15-16H2,1H3. The predicted octanol–water partition coefficient (Wildman–Crippen LogP) is 3.74. The van der Waals surface area contributed by atoms with Crippen molar-refractivity contribution in [2.45, 2.75) is 45.2 Å². The predicted molar refractivity (Wildman–Crippen MR) is 109 cm³/mol. The van der Waals surface area contributed by atoms with E-state index in [0.717, 1.165) is 50.3 Å². The Labute approximate surface area is 165 Å². The van der Waals surface area contributed by atoms with Gasteiger partial charge in [-0.15, -0.1) is 11.3 Å². The maximum atomic E-state index is 12.7. The Bertz CT molecular complexity index is 763. The maximum Gasteiger partial charge on any atom is 0.226 e. The summed E-state index contributed by atoms with van der Waals surface area (Å²) < 4.78 is 5.47. The van der Waals surface area contributed by atoms with Gasteiger partial charge in [-0.05, 0) is 60.9 Å². The second kappa shape index (κ2) is 8.44. The summed E-state index contributed by atoms with van der Waals surface area (Å²) in [5.41, 5.74) is 2.58. The largest absolute Gasteiger partial charge is 0.494 e. The molecular formula is C22H28N2O2S. The van der Waals surface area contributed by atoms with E-state index in [1.165, 1.54) is 12.0 Å². The number of likely N-dealkylation sites (tertiary alicyclic amines) is 1. The van der Waals surface area contributed by atoms with Gasteiger partial charge in [-0.2, -0.15) is 0 Å². The molecule has 1 aromatic carbocycles. The van der Waals surface area contributed by atoms with Gasteiger partial charge in [-0.25, -0.2) is 0 Å². The zero-order chi connectivity index (χ0) is 18.6. The first kappa shape index (κ1) is 18.5. The van der Waals surface area contributed by atoms with E-state index in [1.54, 1.807) is 4.88 Å². The monoisotopic (exact) mass is 384 g/mol. The molecule has 4 nitrogen and oxygen atoms in total. The summed E-state index contributed by atoms with van der Waals surface area (Å²) in [6, 6.07) is 10.8. The Morgan fingerprint density at radius 3 is 2.67 bits per heavy atom. The van der Waals surface area contributed by atoms with Crippen LogP contribution >= 0.6 is 11.3 Å². The van der Waals surface area contributed by atoms with Gasteiger partial charge in [0.2, 0.25) is 5.91 Å². The molecule has 1 saturated heterocycles. The maximum absolute atomic E-state index is 12.7. The summed E-state index contributed by atoms with van der Waals surface area (Å²) in [7, 11) is 0. The number of nitrogens with zero attached hydrogens (tertiary/aromatic N) is 2. The summed E-state index contributed by atoms with van der Waals surface area (Å²) in [6.45, 7) is 6.66. The molecule has 4 rings (SSSR count). The normalized spacial score (nSPS) is 18.3. The molecule has 2 aliphatic heterocycles. The van der Waals surface area contributed by atoms with Crippen molar-refractivity contribution in [1.82, 2.24) is 9.80 Å². The van der Waals surface area contributed by atoms with Crippen molar-refractivity contribution >= 4 is 17.2 Å². The van der Waals surface area contributed by atoms with E-state index < -0.39 is 0 Å². The molecule has 27 heavy (non-hydrogen) atoms. The molecule has 0 radical (unpaired) electrons. The van der Waals surface area contributed by atoms with Gasteiger partial charge in [0.25, 0.3) is 0 Å². The molecule has 3 heterocycles. The van der Waals surface area contributed by atoms with Crippen LogP contribution in [0.4, 0.5) is 0 Å². The van der Waals surface area contributed by atoms with Crippen molar-refractivity contribution < 1.29 is 9.53 Å². The Morgan fingerprint density at radius 1 is 1.15 bits per heavy atom. The Kier molecular flexibility index (Phi) is 5.79. The van der Waals surface area contributed by atoms with E-state index in [1.807, 2.05) is 47.4 Å². The van der Waals surface area contributed by atoms with Gasteiger partial charge >= 0.3 is 0 Å². The molecule has 2 aromatic rings. The molecule has 0 aliphatic carbocycles. The van der Waals surface area contributed by atoms with Crippen molar-refractivity contribution in [2.75, 3.05) is 26.2 Å². The van der Waals surface area contributed by atoms with Gasteiger partial charge < -0.3 is 9.64 Å². The highest BCUT2D eigenvalue weighted by Gasteiger charge is 2.29. The molecule has 1 amide bonds. The van der Waals surface area contributed by atoms with Crippen molar-refractivity contribution in [1.29, 1.82) is 0 Å². The lowest BCUT2D eigenvalue weighted by Gasteiger charge is -2.40. The SMILES string of the molecule is CCOc1ccc(CC(=O)N2CCC(N3CCc4sccc4C3)CC2)cc1. The molecule has 0 bridgehead atoms. The first-order valence-corrected chi connectivity index (χ1v) is 10.9. The van der Waals surface area contributed by atoms with Crippen molar-refractivity contribution in [3.8, 4) is 5.75 Å². The topological polar surface area (TPSA) is 32.8 Å². The average Bonchev–Trinajstić information content (AvgIpc) is 3.17. The fourth-order valence-electron chi connectivity index (χ4n) is 4.22. The fraction of sp³-hybridized carbons (Fsp3) is 0.500. The van der Waals surface area contributed by atoms with Crippen LogP contribution in [0.25, 0.3) is 0 Å². The highest BCUT2D eigenvalue weighted by atomic mass is 32.1. The van der Waals surface area contributed by atoms with Crippen LogP contribution in [0.2, 0.25) is 0 Å². The van der Waals surface area contributed by atoms with Crippen LogP contribution in [0.3, 0.4) is 0 Å². The van der Waals surface area contributed by atoms with Gasteiger partial charge in [0.1, 0.15) is 5.75 Å². The van der Waals surface area contributed by atoms with E-state index in [9.17, 15) is 4.79 Å². The third kappa shape index (κ3) is 4.36. The number of benzene rings is 1. The first-order valence-electron chi connectivity index (χ1n) is 10.0. The third-order valence-electron chi connectivity index (χ3n) is 5.76. The molecule has 5 heteroatoms. The quantitative estimate of drug-likeness (QED) is 0.787. The number of carbonyl (C=O) groups excluding carboxylic acids is 1. The van der Waals surface area contributed by atoms with Crippen LogP contribution in [0.15, 0.2) is 35.7 Å². The lowest BCUT2D eigenvalue weighted by Crippen LogP contribution is -2.48. The van der Waals surface area contributed by atoms with E-state index in [0.29, 0.717) is 19.1 Å². The Hall–Kier alpha value is -1.85. The zero-order valence-corrected chi connectivity index (χ0v) is 16.8. The highest BCUT2D eigenvalue weighted by molar-refractivity contribution is 7.10. The number of carbonyl (C=O) groups is 1. The molecule has 0 atom stereocenters. The second-order valence-electron chi connectivity index (χ2n) is 7.46. The Morgan fingerprint density at radius 2 is 1.93 bits per heavy atom. The molecule has 144 valence electrons. The summed E-state index contributed by atoms with van der Waals surface area (Å²) in [4.78, 5) is 18.9. The molecule has 1 fully saturated rings. The summed E-state index contributed by atoms with van der Waals surface area (Å²) >= 11 is 1.90. The molecule has 1 aromatic heterocycles. The minimum Gasteiger partial charge on any atom is -0.494 e. The van der Waals surface area contributed by atoms with Crippen LogP contribution in [0.5, 0.6) is 5.75 Å². The zero-order valence-electron chi connectivity index (χ0n) is 16.0.